The van der Waals surface area contributed by atoms with Crippen molar-refractivity contribution in [3.8, 4) is 0 Å². The summed E-state index contributed by atoms with van der Waals surface area (Å²) in [6, 6.07) is 5.87. The minimum absolute atomic E-state index is 0.00907. The third-order valence-corrected chi connectivity index (χ3v) is 4.12. The van der Waals surface area contributed by atoms with Crippen molar-refractivity contribution in [2.45, 2.75) is 13.0 Å². The van der Waals surface area contributed by atoms with Crippen molar-refractivity contribution in [2.75, 3.05) is 33.2 Å². The van der Waals surface area contributed by atoms with E-state index in [1.807, 2.05) is 12.1 Å². The number of carbonyl (C=O) groups excluding carboxylic acids is 2. The minimum Gasteiger partial charge on any atom is -0.342 e. The van der Waals surface area contributed by atoms with Crippen LogP contribution in [0.25, 0.3) is 0 Å². The van der Waals surface area contributed by atoms with Crippen molar-refractivity contribution in [1.29, 1.82) is 0 Å². The zero-order valence-corrected chi connectivity index (χ0v) is 11.7. The van der Waals surface area contributed by atoms with Crippen LogP contribution >= 0.6 is 0 Å². The first-order valence-electron chi connectivity index (χ1n) is 7.01. The van der Waals surface area contributed by atoms with Gasteiger partial charge in [0.15, 0.2) is 0 Å². The van der Waals surface area contributed by atoms with Crippen LogP contribution in [0, 0.1) is 0 Å². The van der Waals surface area contributed by atoms with E-state index in [-0.39, 0.29) is 18.4 Å². The van der Waals surface area contributed by atoms with Crippen molar-refractivity contribution in [2.24, 2.45) is 0 Å². The van der Waals surface area contributed by atoms with Crippen LogP contribution in [-0.4, -0.2) is 54.8 Å². The maximum atomic E-state index is 12.7. The number of nitrogens with zero attached hydrogens (tertiary/aromatic N) is 2. The lowest BCUT2D eigenvalue weighted by Crippen LogP contribution is -2.50. The van der Waals surface area contributed by atoms with Gasteiger partial charge in [0.2, 0.25) is 5.91 Å². The first kappa shape index (κ1) is 13.1. The van der Waals surface area contributed by atoms with Crippen molar-refractivity contribution in [3.63, 3.8) is 0 Å². The topological polar surface area (TPSA) is 52.6 Å². The van der Waals surface area contributed by atoms with Gasteiger partial charge in [-0.25, -0.2) is 0 Å². The van der Waals surface area contributed by atoms with Crippen LogP contribution in [0.5, 0.6) is 0 Å². The Morgan fingerprint density at radius 1 is 1.30 bits per heavy atom. The second kappa shape index (κ2) is 5.25. The fourth-order valence-corrected chi connectivity index (χ4v) is 2.83. The molecule has 2 heterocycles. The molecule has 1 aromatic carbocycles. The average Bonchev–Trinajstić information content (AvgIpc) is 2.49. The Bertz CT molecular complexity index is 556. The van der Waals surface area contributed by atoms with Gasteiger partial charge in [0, 0.05) is 32.2 Å². The Hall–Kier alpha value is -1.88. The van der Waals surface area contributed by atoms with E-state index in [4.69, 9.17) is 0 Å². The largest absolute Gasteiger partial charge is 0.342 e. The van der Waals surface area contributed by atoms with Gasteiger partial charge in [0.1, 0.15) is 6.54 Å². The smallest absolute Gasteiger partial charge is 0.254 e. The number of fused-ring (bicyclic) bond motifs is 1. The van der Waals surface area contributed by atoms with Crippen LogP contribution in [0.1, 0.15) is 21.5 Å². The number of rotatable bonds is 1. The fraction of sp³-hybridized carbons (Fsp3) is 0.467. The molecule has 0 bridgehead atoms. The summed E-state index contributed by atoms with van der Waals surface area (Å²) in [5.74, 6) is 0.00117. The highest BCUT2D eigenvalue weighted by atomic mass is 16.2. The van der Waals surface area contributed by atoms with Gasteiger partial charge in [-0.3, -0.25) is 9.59 Å². The molecule has 1 N–H and O–H groups in total. The van der Waals surface area contributed by atoms with Crippen molar-refractivity contribution < 1.29 is 9.59 Å². The molecule has 0 radical (unpaired) electrons. The molecule has 0 unspecified atom stereocenters. The summed E-state index contributed by atoms with van der Waals surface area (Å²) in [5, 5.41) is 3.31. The minimum atomic E-state index is -0.00907. The van der Waals surface area contributed by atoms with Crippen molar-refractivity contribution in [1.82, 2.24) is 15.1 Å². The highest BCUT2D eigenvalue weighted by molar-refractivity contribution is 5.98. The van der Waals surface area contributed by atoms with Gasteiger partial charge in [-0.1, -0.05) is 12.1 Å². The Morgan fingerprint density at radius 3 is 2.95 bits per heavy atom. The van der Waals surface area contributed by atoms with E-state index >= 15 is 0 Å². The lowest BCUT2D eigenvalue weighted by atomic mass is 9.94. The van der Waals surface area contributed by atoms with Gasteiger partial charge in [0.25, 0.3) is 5.91 Å². The predicted molar refractivity (Wildman–Crippen MR) is 75.4 cm³/mol. The van der Waals surface area contributed by atoms with Gasteiger partial charge < -0.3 is 15.1 Å². The number of likely N-dealkylation sites (N-methyl/N-ethyl adjacent to an activating group) is 1. The number of hydrogen-bond donors (Lipinski definition) is 1. The van der Waals surface area contributed by atoms with Gasteiger partial charge in [-0.15, -0.1) is 0 Å². The Morgan fingerprint density at radius 2 is 2.15 bits per heavy atom. The fourth-order valence-electron chi connectivity index (χ4n) is 2.83. The lowest BCUT2D eigenvalue weighted by molar-refractivity contribution is -0.133. The zero-order valence-electron chi connectivity index (χ0n) is 11.7. The molecule has 1 fully saturated rings. The van der Waals surface area contributed by atoms with Crippen molar-refractivity contribution in [3.05, 3.63) is 34.9 Å². The third kappa shape index (κ3) is 2.29. The summed E-state index contributed by atoms with van der Waals surface area (Å²) in [7, 11) is 1.78. The summed E-state index contributed by atoms with van der Waals surface area (Å²) < 4.78 is 0. The molecule has 0 atom stereocenters. The maximum absolute atomic E-state index is 12.7. The molecular formula is C15H19N3O2. The number of amides is 2. The van der Waals surface area contributed by atoms with Crippen molar-refractivity contribution >= 4 is 11.8 Å². The summed E-state index contributed by atoms with van der Waals surface area (Å²) >= 11 is 0. The van der Waals surface area contributed by atoms with Crippen LogP contribution in [0.2, 0.25) is 0 Å². The van der Waals surface area contributed by atoms with Gasteiger partial charge in [-0.05, 0) is 30.2 Å². The van der Waals surface area contributed by atoms with E-state index in [0.29, 0.717) is 13.1 Å². The molecule has 5 nitrogen and oxygen atoms in total. The molecule has 106 valence electrons. The van der Waals surface area contributed by atoms with E-state index < -0.39 is 0 Å². The molecule has 0 spiro atoms. The number of hydrogen-bond acceptors (Lipinski definition) is 3. The lowest BCUT2D eigenvalue weighted by Gasteiger charge is -2.33. The zero-order chi connectivity index (χ0) is 14.1. The summed E-state index contributed by atoms with van der Waals surface area (Å²) in [6.45, 7) is 3.14. The Kier molecular flexibility index (Phi) is 3.44. The first-order chi connectivity index (χ1) is 9.66. The van der Waals surface area contributed by atoms with Crippen LogP contribution in [0.3, 0.4) is 0 Å². The molecule has 0 saturated carbocycles. The normalized spacial score (nSPS) is 18.9. The molecule has 5 heteroatoms. The van der Waals surface area contributed by atoms with Crippen LogP contribution in [0.15, 0.2) is 18.2 Å². The highest BCUT2D eigenvalue weighted by Gasteiger charge is 2.27. The standard InChI is InChI=1S/C15H19N3O2/c1-17-7-8-18(10-14(17)19)15(20)13-4-2-3-11-9-16-6-5-12(11)13/h2-4,16H,5-10H2,1H3. The molecule has 0 aliphatic carbocycles. The van der Waals surface area contributed by atoms with Crippen LogP contribution < -0.4 is 5.32 Å². The molecule has 1 aromatic rings. The van der Waals surface area contributed by atoms with Gasteiger partial charge in [0.05, 0.1) is 0 Å². The Labute approximate surface area is 118 Å². The molecule has 2 amide bonds. The quantitative estimate of drug-likeness (QED) is 0.798. The van der Waals surface area contributed by atoms with E-state index in [2.05, 4.69) is 11.4 Å². The summed E-state index contributed by atoms with van der Waals surface area (Å²) in [4.78, 5) is 27.8. The summed E-state index contributed by atoms with van der Waals surface area (Å²) in [6.07, 6.45) is 0.874. The summed E-state index contributed by atoms with van der Waals surface area (Å²) in [5.41, 5.74) is 3.10. The SMILES string of the molecule is CN1CCN(C(=O)c2cccc3c2CCNC3)CC1=O. The van der Waals surface area contributed by atoms with Crippen LogP contribution in [-0.2, 0) is 17.8 Å². The average molecular weight is 273 g/mol. The molecule has 0 aromatic heterocycles. The van der Waals surface area contributed by atoms with Gasteiger partial charge >= 0.3 is 0 Å². The second-order valence-electron chi connectivity index (χ2n) is 5.41. The number of nitrogens with one attached hydrogen (secondary N) is 1. The third-order valence-electron chi connectivity index (χ3n) is 4.12. The molecular weight excluding hydrogens is 254 g/mol. The number of benzene rings is 1. The first-order valence-corrected chi connectivity index (χ1v) is 7.01. The molecule has 3 rings (SSSR count). The van der Waals surface area contributed by atoms with E-state index in [1.54, 1.807) is 16.8 Å². The molecule has 20 heavy (non-hydrogen) atoms. The van der Waals surface area contributed by atoms with Crippen LogP contribution in [0.4, 0.5) is 0 Å². The predicted octanol–water partition coefficient (Wildman–Crippen LogP) is 0.246. The maximum Gasteiger partial charge on any atom is 0.254 e. The van der Waals surface area contributed by atoms with Gasteiger partial charge in [-0.2, -0.15) is 0 Å². The molecule has 2 aliphatic heterocycles. The van der Waals surface area contributed by atoms with E-state index in [0.717, 1.165) is 30.6 Å². The monoisotopic (exact) mass is 273 g/mol. The number of carbonyl (C=O) groups is 2. The highest BCUT2D eigenvalue weighted by Crippen LogP contribution is 2.20. The van der Waals surface area contributed by atoms with E-state index in [1.165, 1.54) is 5.56 Å². The molecule has 2 aliphatic rings. The van der Waals surface area contributed by atoms with E-state index in [9.17, 15) is 9.59 Å². The molecule has 1 saturated heterocycles. The Balaban J connectivity index is 1.86. The number of piperazine rings is 1. The second-order valence-corrected chi connectivity index (χ2v) is 5.41.